The molecule has 2 aromatic carbocycles. The summed E-state index contributed by atoms with van der Waals surface area (Å²) in [6, 6.07) is 16.6. The van der Waals surface area contributed by atoms with Crippen LogP contribution in [0.15, 0.2) is 67.3 Å². The second kappa shape index (κ2) is 12.0. The number of nitrogens with one attached hydrogen (secondary N) is 2. The number of carbonyl (C=O) groups excluding carboxylic acids is 3. The van der Waals surface area contributed by atoms with Crippen molar-refractivity contribution < 1.29 is 14.4 Å². The predicted octanol–water partition coefficient (Wildman–Crippen LogP) is 3.27. The molecular formula is C27H33N3O3. The van der Waals surface area contributed by atoms with Gasteiger partial charge in [0.05, 0.1) is 0 Å². The standard InChI is InChI=1S/C27H33N3O3/c1-3-16-28-27(33)25(29-26(32)23-11-7-8-20(2)19-23)22-14-17-30(18-15-22)24(31)13-12-21-9-5-4-6-10-21/h3-11,19,22,25H,1,12-18H2,2H3,(H,28,33)(H,29,32). The average Bonchev–Trinajstić information content (AvgIpc) is 2.85. The van der Waals surface area contributed by atoms with Gasteiger partial charge in [0, 0.05) is 31.6 Å². The first-order valence-corrected chi connectivity index (χ1v) is 11.6. The number of rotatable bonds is 9. The number of nitrogens with zero attached hydrogens (tertiary/aromatic N) is 1. The van der Waals surface area contributed by atoms with Gasteiger partial charge in [-0.15, -0.1) is 6.58 Å². The van der Waals surface area contributed by atoms with Gasteiger partial charge in [0.25, 0.3) is 5.91 Å². The number of likely N-dealkylation sites (tertiary alicyclic amines) is 1. The monoisotopic (exact) mass is 447 g/mol. The van der Waals surface area contributed by atoms with Crippen LogP contribution < -0.4 is 10.6 Å². The minimum Gasteiger partial charge on any atom is -0.351 e. The lowest BCUT2D eigenvalue weighted by atomic mass is 9.88. The maximum Gasteiger partial charge on any atom is 0.251 e. The Hall–Kier alpha value is -3.41. The first-order chi connectivity index (χ1) is 16.0. The van der Waals surface area contributed by atoms with Crippen molar-refractivity contribution in [2.24, 2.45) is 5.92 Å². The second-order valence-corrected chi connectivity index (χ2v) is 8.56. The van der Waals surface area contributed by atoms with Gasteiger partial charge < -0.3 is 15.5 Å². The van der Waals surface area contributed by atoms with Gasteiger partial charge in [-0.1, -0.05) is 54.1 Å². The molecule has 3 amide bonds. The zero-order valence-corrected chi connectivity index (χ0v) is 19.3. The van der Waals surface area contributed by atoms with Crippen LogP contribution in [0.1, 0.15) is 40.7 Å². The number of piperidine rings is 1. The molecule has 33 heavy (non-hydrogen) atoms. The summed E-state index contributed by atoms with van der Waals surface area (Å²) in [5.41, 5.74) is 2.67. The SMILES string of the molecule is C=CCNC(=O)C(NC(=O)c1cccc(C)c1)C1CCN(C(=O)CCc2ccccc2)CC1. The van der Waals surface area contributed by atoms with Gasteiger partial charge in [-0.2, -0.15) is 0 Å². The van der Waals surface area contributed by atoms with E-state index >= 15 is 0 Å². The van der Waals surface area contributed by atoms with E-state index < -0.39 is 6.04 Å². The molecule has 0 radical (unpaired) electrons. The normalized spacial score (nSPS) is 14.9. The Balaban J connectivity index is 1.59. The Labute approximate surface area is 196 Å². The highest BCUT2D eigenvalue weighted by Crippen LogP contribution is 2.22. The third-order valence-electron chi connectivity index (χ3n) is 6.10. The van der Waals surface area contributed by atoms with E-state index in [9.17, 15) is 14.4 Å². The van der Waals surface area contributed by atoms with Crippen LogP contribution in [0, 0.1) is 12.8 Å². The zero-order chi connectivity index (χ0) is 23.6. The molecule has 0 aromatic heterocycles. The number of hydrogen-bond donors (Lipinski definition) is 2. The maximum atomic E-state index is 12.9. The fourth-order valence-electron chi connectivity index (χ4n) is 4.23. The van der Waals surface area contributed by atoms with Crippen LogP contribution in [0.25, 0.3) is 0 Å². The van der Waals surface area contributed by atoms with Crippen LogP contribution in [-0.4, -0.2) is 48.3 Å². The molecule has 0 aliphatic carbocycles. The summed E-state index contributed by atoms with van der Waals surface area (Å²) >= 11 is 0. The second-order valence-electron chi connectivity index (χ2n) is 8.56. The summed E-state index contributed by atoms with van der Waals surface area (Å²) in [6.07, 6.45) is 4.14. The highest BCUT2D eigenvalue weighted by Gasteiger charge is 2.33. The van der Waals surface area contributed by atoms with E-state index in [2.05, 4.69) is 17.2 Å². The molecule has 174 valence electrons. The van der Waals surface area contributed by atoms with Crippen molar-refractivity contribution in [1.82, 2.24) is 15.5 Å². The lowest BCUT2D eigenvalue weighted by molar-refractivity contribution is -0.133. The molecule has 0 bridgehead atoms. The Bertz CT molecular complexity index is 966. The summed E-state index contributed by atoms with van der Waals surface area (Å²) in [5, 5.41) is 5.76. The Morgan fingerprint density at radius 2 is 1.82 bits per heavy atom. The van der Waals surface area contributed by atoms with E-state index in [4.69, 9.17) is 0 Å². The van der Waals surface area contributed by atoms with Crippen molar-refractivity contribution in [3.05, 3.63) is 83.9 Å². The van der Waals surface area contributed by atoms with Crippen LogP contribution in [-0.2, 0) is 16.0 Å². The number of hydrogen-bond acceptors (Lipinski definition) is 3. The smallest absolute Gasteiger partial charge is 0.251 e. The number of aryl methyl sites for hydroxylation is 2. The fourth-order valence-corrected chi connectivity index (χ4v) is 4.23. The molecule has 6 heteroatoms. The zero-order valence-electron chi connectivity index (χ0n) is 19.3. The summed E-state index contributed by atoms with van der Waals surface area (Å²) in [6.45, 7) is 7.09. The van der Waals surface area contributed by atoms with Crippen molar-refractivity contribution in [3.63, 3.8) is 0 Å². The van der Waals surface area contributed by atoms with E-state index in [-0.39, 0.29) is 23.6 Å². The topological polar surface area (TPSA) is 78.5 Å². The minimum absolute atomic E-state index is 0.0400. The van der Waals surface area contributed by atoms with E-state index in [1.54, 1.807) is 12.1 Å². The molecule has 0 spiro atoms. The highest BCUT2D eigenvalue weighted by molar-refractivity contribution is 5.97. The minimum atomic E-state index is -0.653. The van der Waals surface area contributed by atoms with Gasteiger partial charge in [0.2, 0.25) is 11.8 Å². The van der Waals surface area contributed by atoms with Crippen molar-refractivity contribution in [2.45, 2.75) is 38.6 Å². The van der Waals surface area contributed by atoms with Gasteiger partial charge in [0.1, 0.15) is 6.04 Å². The summed E-state index contributed by atoms with van der Waals surface area (Å²) in [4.78, 5) is 40.3. The molecular weight excluding hydrogens is 414 g/mol. The third kappa shape index (κ3) is 7.04. The first kappa shape index (κ1) is 24.2. The van der Waals surface area contributed by atoms with E-state index in [1.165, 1.54) is 0 Å². The Kier molecular flexibility index (Phi) is 8.81. The van der Waals surface area contributed by atoms with E-state index in [0.717, 1.165) is 17.5 Å². The Morgan fingerprint density at radius 1 is 1.09 bits per heavy atom. The van der Waals surface area contributed by atoms with Crippen LogP contribution in [0.5, 0.6) is 0 Å². The molecule has 1 saturated heterocycles. The van der Waals surface area contributed by atoms with Crippen LogP contribution in [0.4, 0.5) is 0 Å². The van der Waals surface area contributed by atoms with Gasteiger partial charge in [0.15, 0.2) is 0 Å². The van der Waals surface area contributed by atoms with Crippen molar-refractivity contribution >= 4 is 17.7 Å². The molecule has 1 atom stereocenters. The van der Waals surface area contributed by atoms with Crippen molar-refractivity contribution in [2.75, 3.05) is 19.6 Å². The van der Waals surface area contributed by atoms with Gasteiger partial charge in [-0.05, 0) is 49.8 Å². The molecule has 2 aromatic rings. The molecule has 1 fully saturated rings. The van der Waals surface area contributed by atoms with Crippen LogP contribution in [0.2, 0.25) is 0 Å². The molecule has 1 aliphatic rings. The van der Waals surface area contributed by atoms with Gasteiger partial charge in [-0.25, -0.2) is 0 Å². The highest BCUT2D eigenvalue weighted by atomic mass is 16.2. The quantitative estimate of drug-likeness (QED) is 0.579. The molecule has 2 N–H and O–H groups in total. The van der Waals surface area contributed by atoms with E-state index in [1.807, 2.05) is 60.4 Å². The summed E-state index contributed by atoms with van der Waals surface area (Å²) in [7, 11) is 0. The van der Waals surface area contributed by atoms with Crippen molar-refractivity contribution in [1.29, 1.82) is 0 Å². The largest absolute Gasteiger partial charge is 0.351 e. The molecule has 3 rings (SSSR count). The van der Waals surface area contributed by atoms with Gasteiger partial charge >= 0.3 is 0 Å². The predicted molar refractivity (Wildman–Crippen MR) is 130 cm³/mol. The van der Waals surface area contributed by atoms with Gasteiger partial charge in [-0.3, -0.25) is 14.4 Å². The molecule has 1 unspecified atom stereocenters. The molecule has 0 saturated carbocycles. The number of amides is 3. The van der Waals surface area contributed by atoms with E-state index in [0.29, 0.717) is 44.5 Å². The fraction of sp³-hybridized carbons (Fsp3) is 0.370. The molecule has 1 aliphatic heterocycles. The Morgan fingerprint density at radius 3 is 2.48 bits per heavy atom. The molecule has 1 heterocycles. The summed E-state index contributed by atoms with van der Waals surface area (Å²) < 4.78 is 0. The van der Waals surface area contributed by atoms with Crippen LogP contribution in [0.3, 0.4) is 0 Å². The van der Waals surface area contributed by atoms with Crippen molar-refractivity contribution in [3.8, 4) is 0 Å². The molecule has 6 nitrogen and oxygen atoms in total. The number of benzene rings is 2. The summed E-state index contributed by atoms with van der Waals surface area (Å²) in [5.74, 6) is -0.390. The lowest BCUT2D eigenvalue weighted by Gasteiger charge is -2.36. The maximum absolute atomic E-state index is 12.9. The third-order valence-corrected chi connectivity index (χ3v) is 6.10. The lowest BCUT2D eigenvalue weighted by Crippen LogP contribution is -2.53. The first-order valence-electron chi connectivity index (χ1n) is 11.6. The van der Waals surface area contributed by atoms with Crippen LogP contribution >= 0.6 is 0 Å². The number of carbonyl (C=O) groups is 3. The average molecular weight is 448 g/mol.